The Morgan fingerprint density at radius 3 is 2.76 bits per heavy atom. The van der Waals surface area contributed by atoms with E-state index in [0.29, 0.717) is 11.7 Å². The second kappa shape index (κ2) is 4.14. The first-order valence-corrected chi connectivity index (χ1v) is 5.59. The molecule has 0 fully saturated rings. The molecule has 0 unspecified atom stereocenters. The van der Waals surface area contributed by atoms with Crippen molar-refractivity contribution in [1.82, 2.24) is 20.0 Å². The Balaban J connectivity index is 1.97. The minimum Gasteiger partial charge on any atom is -0.259 e. The first-order valence-electron chi connectivity index (χ1n) is 5.21. The molecule has 4 nitrogen and oxygen atoms in total. The zero-order valence-corrected chi connectivity index (χ0v) is 9.67. The van der Waals surface area contributed by atoms with Crippen molar-refractivity contribution < 1.29 is 0 Å². The van der Waals surface area contributed by atoms with Gasteiger partial charge >= 0.3 is 0 Å². The van der Waals surface area contributed by atoms with Crippen molar-refractivity contribution in [2.24, 2.45) is 0 Å². The number of halogens is 1. The van der Waals surface area contributed by atoms with Crippen molar-refractivity contribution in [1.29, 1.82) is 0 Å². The van der Waals surface area contributed by atoms with Crippen LogP contribution in [0.25, 0.3) is 10.9 Å². The zero-order valence-electron chi connectivity index (χ0n) is 8.92. The van der Waals surface area contributed by atoms with E-state index in [0.717, 1.165) is 16.6 Å². The second-order valence-corrected chi connectivity index (χ2v) is 4.10. The van der Waals surface area contributed by atoms with E-state index >= 15 is 0 Å². The molecule has 0 aliphatic carbocycles. The van der Waals surface area contributed by atoms with Crippen molar-refractivity contribution >= 4 is 22.5 Å². The van der Waals surface area contributed by atoms with E-state index in [9.17, 15) is 0 Å². The highest BCUT2D eigenvalue weighted by atomic mass is 35.5. The lowest BCUT2D eigenvalue weighted by molar-refractivity contribution is 0.685. The Morgan fingerprint density at radius 1 is 1.06 bits per heavy atom. The van der Waals surface area contributed by atoms with Crippen LogP contribution in [-0.2, 0) is 6.54 Å². The summed E-state index contributed by atoms with van der Waals surface area (Å²) < 4.78 is 1.90. The molecule has 0 N–H and O–H groups in total. The van der Waals surface area contributed by atoms with Crippen LogP contribution in [0.2, 0.25) is 5.15 Å². The summed E-state index contributed by atoms with van der Waals surface area (Å²) >= 11 is 5.69. The molecule has 0 spiro atoms. The summed E-state index contributed by atoms with van der Waals surface area (Å²) in [6.07, 6.45) is 1.85. The molecule has 84 valence electrons. The topological polar surface area (TPSA) is 43.6 Å². The van der Waals surface area contributed by atoms with Gasteiger partial charge in [0, 0.05) is 5.39 Å². The van der Waals surface area contributed by atoms with Gasteiger partial charge in [0.25, 0.3) is 0 Å². The Labute approximate surface area is 103 Å². The Morgan fingerprint density at radius 2 is 1.94 bits per heavy atom. The maximum Gasteiger partial charge on any atom is 0.151 e. The standard InChI is InChI=1S/C12H9ClN4/c13-12-6-5-10(15-16-12)8-17-11-4-2-1-3-9(11)7-14-17/h1-7H,8H2. The van der Waals surface area contributed by atoms with E-state index in [1.165, 1.54) is 0 Å². The Bertz CT molecular complexity index is 645. The quantitative estimate of drug-likeness (QED) is 0.696. The molecular formula is C12H9ClN4. The molecule has 0 aliphatic heterocycles. The Kier molecular flexibility index (Phi) is 2.49. The minimum absolute atomic E-state index is 0.402. The maximum absolute atomic E-state index is 5.69. The fourth-order valence-corrected chi connectivity index (χ4v) is 1.83. The third-order valence-corrected chi connectivity index (χ3v) is 2.75. The van der Waals surface area contributed by atoms with Gasteiger partial charge in [0.2, 0.25) is 0 Å². The van der Waals surface area contributed by atoms with Crippen LogP contribution in [0.5, 0.6) is 0 Å². The van der Waals surface area contributed by atoms with E-state index in [1.807, 2.05) is 41.2 Å². The predicted octanol–water partition coefficient (Wildman–Crippen LogP) is 2.53. The van der Waals surface area contributed by atoms with Gasteiger partial charge in [-0.15, -0.1) is 5.10 Å². The van der Waals surface area contributed by atoms with Gasteiger partial charge in [0.1, 0.15) is 0 Å². The Hall–Kier alpha value is -1.94. The summed E-state index contributed by atoms with van der Waals surface area (Å²) in [4.78, 5) is 0. The monoisotopic (exact) mass is 244 g/mol. The smallest absolute Gasteiger partial charge is 0.151 e. The third-order valence-electron chi connectivity index (χ3n) is 2.55. The average Bonchev–Trinajstić information content (AvgIpc) is 2.76. The third kappa shape index (κ3) is 1.99. The molecule has 2 aromatic heterocycles. The highest BCUT2D eigenvalue weighted by Crippen LogP contribution is 2.13. The van der Waals surface area contributed by atoms with E-state index in [4.69, 9.17) is 11.6 Å². The summed E-state index contributed by atoms with van der Waals surface area (Å²) in [5.41, 5.74) is 1.92. The van der Waals surface area contributed by atoms with Crippen LogP contribution in [0.1, 0.15) is 5.69 Å². The lowest BCUT2D eigenvalue weighted by Crippen LogP contribution is -2.04. The molecule has 3 aromatic rings. The number of aromatic nitrogens is 4. The summed E-state index contributed by atoms with van der Waals surface area (Å²) in [6, 6.07) is 11.6. The number of hydrogen-bond donors (Lipinski definition) is 0. The molecule has 0 amide bonds. The van der Waals surface area contributed by atoms with E-state index in [2.05, 4.69) is 15.3 Å². The van der Waals surface area contributed by atoms with Gasteiger partial charge < -0.3 is 0 Å². The molecule has 2 heterocycles. The van der Waals surface area contributed by atoms with E-state index in [1.54, 1.807) is 6.07 Å². The molecule has 1 aromatic carbocycles. The van der Waals surface area contributed by atoms with Crippen LogP contribution >= 0.6 is 11.6 Å². The molecule has 0 radical (unpaired) electrons. The van der Waals surface area contributed by atoms with Gasteiger partial charge in [0.05, 0.1) is 24.0 Å². The van der Waals surface area contributed by atoms with Crippen LogP contribution in [0.3, 0.4) is 0 Å². The average molecular weight is 245 g/mol. The van der Waals surface area contributed by atoms with Crippen molar-refractivity contribution in [2.45, 2.75) is 6.54 Å². The lowest BCUT2D eigenvalue weighted by Gasteiger charge is -2.02. The fourth-order valence-electron chi connectivity index (χ4n) is 1.73. The predicted molar refractivity (Wildman–Crippen MR) is 65.9 cm³/mol. The lowest BCUT2D eigenvalue weighted by atomic mass is 10.2. The van der Waals surface area contributed by atoms with E-state index in [-0.39, 0.29) is 0 Å². The first kappa shape index (κ1) is 10.2. The summed E-state index contributed by atoms with van der Waals surface area (Å²) in [5, 5.41) is 13.7. The van der Waals surface area contributed by atoms with Crippen molar-refractivity contribution in [2.75, 3.05) is 0 Å². The van der Waals surface area contributed by atoms with Crippen LogP contribution < -0.4 is 0 Å². The van der Waals surface area contributed by atoms with Crippen molar-refractivity contribution in [3.05, 3.63) is 53.4 Å². The largest absolute Gasteiger partial charge is 0.259 e. The molecule has 3 rings (SSSR count). The van der Waals surface area contributed by atoms with Crippen LogP contribution in [0, 0.1) is 0 Å². The molecule has 0 atom stereocenters. The summed E-state index contributed by atoms with van der Waals surface area (Å²) in [5.74, 6) is 0. The van der Waals surface area contributed by atoms with Crippen molar-refractivity contribution in [3.63, 3.8) is 0 Å². The van der Waals surface area contributed by atoms with Gasteiger partial charge in [-0.3, -0.25) is 4.68 Å². The number of benzene rings is 1. The van der Waals surface area contributed by atoms with Gasteiger partial charge in [-0.2, -0.15) is 10.2 Å². The molecule has 0 saturated carbocycles. The van der Waals surface area contributed by atoms with Gasteiger partial charge in [-0.05, 0) is 18.2 Å². The number of para-hydroxylation sites is 1. The van der Waals surface area contributed by atoms with Gasteiger partial charge in [-0.1, -0.05) is 29.8 Å². The highest BCUT2D eigenvalue weighted by molar-refractivity contribution is 6.29. The number of rotatable bonds is 2. The van der Waals surface area contributed by atoms with Crippen LogP contribution in [-0.4, -0.2) is 20.0 Å². The first-order chi connectivity index (χ1) is 8.33. The number of hydrogen-bond acceptors (Lipinski definition) is 3. The van der Waals surface area contributed by atoms with E-state index < -0.39 is 0 Å². The summed E-state index contributed by atoms with van der Waals surface area (Å²) in [7, 11) is 0. The zero-order chi connectivity index (χ0) is 11.7. The summed E-state index contributed by atoms with van der Waals surface area (Å²) in [6.45, 7) is 0.595. The molecule has 0 saturated heterocycles. The maximum atomic E-state index is 5.69. The van der Waals surface area contributed by atoms with Crippen LogP contribution in [0.4, 0.5) is 0 Å². The number of fused-ring (bicyclic) bond motifs is 1. The van der Waals surface area contributed by atoms with Gasteiger partial charge in [0.15, 0.2) is 5.15 Å². The molecule has 0 aliphatic rings. The number of nitrogens with zero attached hydrogens (tertiary/aromatic N) is 4. The van der Waals surface area contributed by atoms with Gasteiger partial charge in [-0.25, -0.2) is 0 Å². The van der Waals surface area contributed by atoms with Crippen molar-refractivity contribution in [3.8, 4) is 0 Å². The molecule has 0 bridgehead atoms. The molecule has 5 heteroatoms. The molecule has 17 heavy (non-hydrogen) atoms. The highest BCUT2D eigenvalue weighted by Gasteiger charge is 2.03. The second-order valence-electron chi connectivity index (χ2n) is 3.71. The minimum atomic E-state index is 0.402. The SMILES string of the molecule is Clc1ccc(Cn2ncc3ccccc32)nn1. The fraction of sp³-hybridized carbons (Fsp3) is 0.0833. The normalized spacial score (nSPS) is 10.9. The molecular weight excluding hydrogens is 236 g/mol. The van der Waals surface area contributed by atoms with Crippen LogP contribution in [0.15, 0.2) is 42.6 Å².